The molecule has 3 nitrogen and oxygen atoms in total. The molecule has 0 bridgehead atoms. The van der Waals surface area contributed by atoms with Crippen LogP contribution in [-0.2, 0) is 12.6 Å². The minimum atomic E-state index is -4.43. The summed E-state index contributed by atoms with van der Waals surface area (Å²) in [4.78, 5) is 13.9. The second-order valence-electron chi connectivity index (χ2n) is 5.17. The number of hydrogen-bond donors (Lipinski definition) is 1. The van der Waals surface area contributed by atoms with Crippen molar-refractivity contribution in [1.82, 2.24) is 0 Å². The molecular formula is C16H13F3N2O. The number of fused-ring (bicyclic) bond motifs is 1. The van der Waals surface area contributed by atoms with E-state index in [2.05, 4.69) is 0 Å². The van der Waals surface area contributed by atoms with Crippen molar-refractivity contribution in [2.24, 2.45) is 0 Å². The van der Waals surface area contributed by atoms with Crippen LogP contribution >= 0.6 is 0 Å². The van der Waals surface area contributed by atoms with E-state index in [1.807, 2.05) is 0 Å². The lowest BCUT2D eigenvalue weighted by Gasteiger charge is -2.29. The topological polar surface area (TPSA) is 46.3 Å². The highest BCUT2D eigenvalue weighted by Crippen LogP contribution is 2.33. The fourth-order valence-electron chi connectivity index (χ4n) is 2.59. The molecule has 0 atom stereocenters. The van der Waals surface area contributed by atoms with Crippen molar-refractivity contribution in [3.05, 3.63) is 59.2 Å². The Labute approximate surface area is 125 Å². The summed E-state index contributed by atoms with van der Waals surface area (Å²) in [5.74, 6) is -0.326. The van der Waals surface area contributed by atoms with Crippen LogP contribution in [0.15, 0.2) is 42.5 Å². The molecule has 22 heavy (non-hydrogen) atoms. The Balaban J connectivity index is 1.99. The molecule has 1 amide bonds. The summed E-state index contributed by atoms with van der Waals surface area (Å²) in [7, 11) is 0. The maximum atomic E-state index is 12.8. The smallest absolute Gasteiger partial charge is 0.399 e. The third kappa shape index (κ3) is 2.52. The maximum Gasteiger partial charge on any atom is 0.416 e. The second kappa shape index (κ2) is 5.05. The van der Waals surface area contributed by atoms with Gasteiger partial charge in [-0.3, -0.25) is 4.79 Å². The first-order valence-corrected chi connectivity index (χ1v) is 6.74. The van der Waals surface area contributed by atoms with Crippen LogP contribution in [0.25, 0.3) is 0 Å². The molecule has 1 heterocycles. The molecule has 2 aromatic carbocycles. The van der Waals surface area contributed by atoms with Gasteiger partial charge in [0.1, 0.15) is 0 Å². The lowest BCUT2D eigenvalue weighted by atomic mass is 9.97. The lowest BCUT2D eigenvalue weighted by Crippen LogP contribution is -2.37. The third-order valence-corrected chi connectivity index (χ3v) is 3.70. The van der Waals surface area contributed by atoms with Crippen LogP contribution in [0.2, 0.25) is 0 Å². The maximum absolute atomic E-state index is 12.8. The summed E-state index contributed by atoms with van der Waals surface area (Å²) in [5.41, 5.74) is 6.93. The number of hydrogen-bond acceptors (Lipinski definition) is 2. The van der Waals surface area contributed by atoms with E-state index in [1.165, 1.54) is 17.0 Å². The Morgan fingerprint density at radius 3 is 2.59 bits per heavy atom. The average molecular weight is 306 g/mol. The summed E-state index contributed by atoms with van der Waals surface area (Å²) >= 11 is 0. The molecule has 6 heteroatoms. The quantitative estimate of drug-likeness (QED) is 0.820. The minimum Gasteiger partial charge on any atom is -0.399 e. The number of nitrogens with two attached hydrogens (primary N) is 1. The number of carbonyl (C=O) groups excluding carboxylic acids is 1. The number of carbonyl (C=O) groups is 1. The van der Waals surface area contributed by atoms with E-state index >= 15 is 0 Å². The van der Waals surface area contributed by atoms with Gasteiger partial charge >= 0.3 is 6.18 Å². The average Bonchev–Trinajstić information content (AvgIpc) is 2.47. The lowest BCUT2D eigenvalue weighted by molar-refractivity contribution is -0.137. The molecule has 114 valence electrons. The van der Waals surface area contributed by atoms with Crippen molar-refractivity contribution in [3.63, 3.8) is 0 Å². The third-order valence-electron chi connectivity index (χ3n) is 3.70. The SMILES string of the molecule is Nc1ccc2c(c1)C(=O)N(c1cccc(C(F)(F)F)c1)CC2. The van der Waals surface area contributed by atoms with E-state index in [1.54, 1.807) is 18.2 Å². The van der Waals surface area contributed by atoms with Crippen LogP contribution in [-0.4, -0.2) is 12.5 Å². The standard InChI is InChI=1S/C16H13F3N2O/c17-16(18,19)11-2-1-3-13(8-11)21-7-6-10-4-5-12(20)9-14(10)15(21)22/h1-5,8-9H,6-7,20H2. The monoisotopic (exact) mass is 306 g/mol. The van der Waals surface area contributed by atoms with Crippen LogP contribution in [0.4, 0.5) is 24.5 Å². The zero-order valence-electron chi connectivity index (χ0n) is 11.5. The summed E-state index contributed by atoms with van der Waals surface area (Å²) < 4.78 is 38.4. The number of alkyl halides is 3. The Hall–Kier alpha value is -2.50. The molecule has 0 saturated heterocycles. The highest BCUT2D eigenvalue weighted by Gasteiger charge is 2.32. The molecule has 3 rings (SSSR count). The zero-order valence-corrected chi connectivity index (χ0v) is 11.5. The molecule has 2 aromatic rings. The first-order chi connectivity index (χ1) is 10.4. The zero-order chi connectivity index (χ0) is 15.9. The number of nitrogens with zero attached hydrogens (tertiary/aromatic N) is 1. The van der Waals surface area contributed by atoms with Gasteiger partial charge in [-0.15, -0.1) is 0 Å². The van der Waals surface area contributed by atoms with Gasteiger partial charge in [-0.2, -0.15) is 13.2 Å². The number of anilines is 2. The molecule has 0 unspecified atom stereocenters. The summed E-state index contributed by atoms with van der Waals surface area (Å²) in [6.07, 6.45) is -3.85. The Morgan fingerprint density at radius 1 is 1.09 bits per heavy atom. The Bertz CT molecular complexity index is 740. The van der Waals surface area contributed by atoms with Crippen LogP contribution < -0.4 is 10.6 Å². The van der Waals surface area contributed by atoms with E-state index in [0.717, 1.165) is 17.7 Å². The van der Waals surface area contributed by atoms with Gasteiger partial charge in [-0.25, -0.2) is 0 Å². The van der Waals surface area contributed by atoms with Gasteiger partial charge < -0.3 is 10.6 Å². The molecule has 0 radical (unpaired) electrons. The van der Waals surface area contributed by atoms with Crippen LogP contribution in [0.3, 0.4) is 0 Å². The molecule has 0 spiro atoms. The van der Waals surface area contributed by atoms with Crippen molar-refractivity contribution in [1.29, 1.82) is 0 Å². The minimum absolute atomic E-state index is 0.243. The van der Waals surface area contributed by atoms with Crippen molar-refractivity contribution < 1.29 is 18.0 Å². The predicted octanol–water partition coefficient (Wildman–Crippen LogP) is 3.49. The van der Waals surface area contributed by atoms with Gasteiger partial charge in [-0.05, 0) is 42.3 Å². The number of rotatable bonds is 1. The molecule has 0 fully saturated rings. The first-order valence-electron chi connectivity index (χ1n) is 6.74. The summed E-state index contributed by atoms with van der Waals surface area (Å²) in [6, 6.07) is 9.86. The fourth-order valence-corrected chi connectivity index (χ4v) is 2.59. The van der Waals surface area contributed by atoms with Gasteiger partial charge in [0.05, 0.1) is 5.56 Å². The molecule has 0 aliphatic carbocycles. The van der Waals surface area contributed by atoms with E-state index < -0.39 is 11.7 Å². The van der Waals surface area contributed by atoms with Crippen LogP contribution in [0.1, 0.15) is 21.5 Å². The number of halogens is 3. The number of benzene rings is 2. The second-order valence-corrected chi connectivity index (χ2v) is 5.17. The van der Waals surface area contributed by atoms with Gasteiger partial charge in [0, 0.05) is 23.5 Å². The molecule has 0 aromatic heterocycles. The molecular weight excluding hydrogens is 293 g/mol. The van der Waals surface area contributed by atoms with Gasteiger partial charge in [0.2, 0.25) is 0 Å². The van der Waals surface area contributed by atoms with Crippen molar-refractivity contribution in [2.75, 3.05) is 17.2 Å². The molecule has 2 N–H and O–H groups in total. The van der Waals surface area contributed by atoms with Gasteiger partial charge in [0.15, 0.2) is 0 Å². The van der Waals surface area contributed by atoms with Gasteiger partial charge in [-0.1, -0.05) is 12.1 Å². The van der Waals surface area contributed by atoms with Crippen molar-refractivity contribution >= 4 is 17.3 Å². The van der Waals surface area contributed by atoms with E-state index in [0.29, 0.717) is 24.2 Å². The summed E-state index contributed by atoms with van der Waals surface area (Å²) in [6.45, 7) is 0.344. The molecule has 0 saturated carbocycles. The van der Waals surface area contributed by atoms with Gasteiger partial charge in [0.25, 0.3) is 5.91 Å². The summed E-state index contributed by atoms with van der Waals surface area (Å²) in [5, 5.41) is 0. The molecule has 1 aliphatic heterocycles. The van der Waals surface area contributed by atoms with Crippen LogP contribution in [0, 0.1) is 0 Å². The highest BCUT2D eigenvalue weighted by atomic mass is 19.4. The normalized spacial score (nSPS) is 14.9. The van der Waals surface area contributed by atoms with E-state index in [4.69, 9.17) is 5.73 Å². The first kappa shape index (κ1) is 14.4. The molecule has 1 aliphatic rings. The highest BCUT2D eigenvalue weighted by molar-refractivity contribution is 6.08. The predicted molar refractivity (Wildman–Crippen MR) is 77.7 cm³/mol. The Morgan fingerprint density at radius 2 is 1.86 bits per heavy atom. The van der Waals surface area contributed by atoms with E-state index in [-0.39, 0.29) is 11.6 Å². The van der Waals surface area contributed by atoms with E-state index in [9.17, 15) is 18.0 Å². The van der Waals surface area contributed by atoms with Crippen molar-refractivity contribution in [2.45, 2.75) is 12.6 Å². The Kier molecular flexibility index (Phi) is 3.31. The van der Waals surface area contributed by atoms with Crippen LogP contribution in [0.5, 0.6) is 0 Å². The number of amides is 1. The number of nitrogen functional groups attached to an aromatic ring is 1. The largest absolute Gasteiger partial charge is 0.416 e. The fraction of sp³-hybridized carbons (Fsp3) is 0.188. The van der Waals surface area contributed by atoms with Crippen molar-refractivity contribution in [3.8, 4) is 0 Å².